The van der Waals surface area contributed by atoms with Gasteiger partial charge in [0.25, 0.3) is 5.56 Å². The number of carbonyl (C=O) groups is 3. The number of carbonyl (C=O) groups excluding carboxylic acids is 2. The summed E-state index contributed by atoms with van der Waals surface area (Å²) in [5.41, 5.74) is 0.718. The third-order valence-electron chi connectivity index (χ3n) is 4.56. The van der Waals surface area contributed by atoms with E-state index < -0.39 is 17.6 Å². The van der Waals surface area contributed by atoms with Crippen LogP contribution < -0.4 is 10.9 Å². The number of aromatic amines is 1. The summed E-state index contributed by atoms with van der Waals surface area (Å²) in [5.74, 6) is -1.63. The summed E-state index contributed by atoms with van der Waals surface area (Å²) in [7, 11) is 0. The Morgan fingerprint density at radius 2 is 1.85 bits per heavy atom. The number of anilines is 1. The number of rotatable bonds is 4. The van der Waals surface area contributed by atoms with Crippen LogP contribution in [0, 0.1) is 0 Å². The Morgan fingerprint density at radius 3 is 2.44 bits per heavy atom. The number of benzene rings is 1. The largest absolute Gasteiger partial charge is 0.477 e. The number of carboxylic acids is 1. The van der Waals surface area contributed by atoms with Crippen LogP contribution in [0.15, 0.2) is 41.2 Å². The van der Waals surface area contributed by atoms with E-state index in [1.165, 1.54) is 19.1 Å². The van der Waals surface area contributed by atoms with Crippen LogP contribution in [0.4, 0.5) is 5.69 Å². The third-order valence-corrected chi connectivity index (χ3v) is 4.56. The van der Waals surface area contributed by atoms with Crippen molar-refractivity contribution in [2.45, 2.75) is 25.8 Å². The molecule has 0 bridgehead atoms. The molecule has 1 aliphatic rings. The van der Waals surface area contributed by atoms with Crippen molar-refractivity contribution in [1.82, 2.24) is 9.88 Å². The summed E-state index contributed by atoms with van der Waals surface area (Å²) >= 11 is 0. The average Bonchev–Trinajstić information content (AvgIpc) is 3.12. The van der Waals surface area contributed by atoms with E-state index in [-0.39, 0.29) is 17.4 Å². The lowest BCUT2D eigenvalue weighted by Gasteiger charge is -2.22. The first-order valence-corrected chi connectivity index (χ1v) is 8.52. The second-order valence-electron chi connectivity index (χ2n) is 6.36. The highest BCUT2D eigenvalue weighted by atomic mass is 16.4. The Hall–Kier alpha value is -3.42. The zero-order chi connectivity index (χ0) is 19.6. The molecule has 140 valence electrons. The first-order chi connectivity index (χ1) is 12.9. The van der Waals surface area contributed by atoms with Crippen molar-refractivity contribution < 1.29 is 19.5 Å². The molecule has 0 radical (unpaired) electrons. The van der Waals surface area contributed by atoms with Crippen LogP contribution >= 0.6 is 0 Å². The fourth-order valence-electron chi connectivity index (χ4n) is 3.19. The summed E-state index contributed by atoms with van der Waals surface area (Å²) in [6.45, 7) is 2.04. The number of likely N-dealkylation sites (tertiary alicyclic amines) is 1. The fraction of sp³-hybridized carbons (Fsp3) is 0.263. The van der Waals surface area contributed by atoms with E-state index in [2.05, 4.69) is 10.3 Å². The molecule has 27 heavy (non-hydrogen) atoms. The molecule has 8 nitrogen and oxygen atoms in total. The maximum Gasteiger partial charge on any atom is 0.341 e. The van der Waals surface area contributed by atoms with E-state index in [4.69, 9.17) is 5.11 Å². The molecule has 1 atom stereocenters. The van der Waals surface area contributed by atoms with Gasteiger partial charge in [-0.15, -0.1) is 0 Å². The van der Waals surface area contributed by atoms with E-state index in [9.17, 15) is 19.2 Å². The molecule has 0 spiro atoms. The number of H-pyrrole nitrogens is 1. The molecule has 2 aromatic rings. The SMILES string of the molecule is CC(=O)N1CCC[C@@H]1C(=O)Nc1ccc(-c2ccc(C(=O)O)c(=O)[nH]2)cc1. The topological polar surface area (TPSA) is 120 Å². The Morgan fingerprint density at radius 1 is 1.15 bits per heavy atom. The molecule has 2 heterocycles. The number of aromatic nitrogens is 1. The van der Waals surface area contributed by atoms with Gasteiger partial charge in [-0.1, -0.05) is 12.1 Å². The van der Waals surface area contributed by atoms with Crippen molar-refractivity contribution in [2.24, 2.45) is 0 Å². The molecule has 3 N–H and O–H groups in total. The highest BCUT2D eigenvalue weighted by Gasteiger charge is 2.32. The van der Waals surface area contributed by atoms with Gasteiger partial charge in [-0.25, -0.2) is 4.79 Å². The van der Waals surface area contributed by atoms with Crippen molar-refractivity contribution in [1.29, 1.82) is 0 Å². The van der Waals surface area contributed by atoms with E-state index in [1.807, 2.05) is 0 Å². The number of carboxylic acid groups (broad SMARTS) is 1. The number of pyridine rings is 1. The van der Waals surface area contributed by atoms with Crippen molar-refractivity contribution >= 4 is 23.5 Å². The van der Waals surface area contributed by atoms with Crippen LogP contribution in [0.2, 0.25) is 0 Å². The Bertz CT molecular complexity index is 949. The van der Waals surface area contributed by atoms with Gasteiger partial charge in [-0.05, 0) is 42.7 Å². The molecular formula is C19H19N3O5. The highest BCUT2D eigenvalue weighted by molar-refractivity contribution is 5.97. The molecule has 0 saturated carbocycles. The molecule has 1 aromatic carbocycles. The predicted octanol–water partition coefficient (Wildman–Crippen LogP) is 1.69. The summed E-state index contributed by atoms with van der Waals surface area (Å²) in [6, 6.07) is 9.09. The lowest BCUT2D eigenvalue weighted by Crippen LogP contribution is -2.42. The molecule has 8 heteroatoms. The minimum absolute atomic E-state index is 0.114. The molecule has 1 saturated heterocycles. The lowest BCUT2D eigenvalue weighted by molar-refractivity contribution is -0.134. The highest BCUT2D eigenvalue weighted by Crippen LogP contribution is 2.22. The van der Waals surface area contributed by atoms with Gasteiger partial charge in [0.15, 0.2) is 0 Å². The average molecular weight is 369 g/mol. The number of amides is 2. The molecule has 0 unspecified atom stereocenters. The van der Waals surface area contributed by atoms with Crippen molar-refractivity contribution in [2.75, 3.05) is 11.9 Å². The van der Waals surface area contributed by atoms with Gasteiger partial charge in [0.1, 0.15) is 11.6 Å². The zero-order valence-electron chi connectivity index (χ0n) is 14.7. The minimum Gasteiger partial charge on any atom is -0.477 e. The summed E-state index contributed by atoms with van der Waals surface area (Å²) < 4.78 is 0. The second kappa shape index (κ2) is 7.45. The molecule has 2 amide bonds. The smallest absolute Gasteiger partial charge is 0.341 e. The molecule has 0 aliphatic carbocycles. The van der Waals surface area contributed by atoms with Crippen molar-refractivity contribution in [3.63, 3.8) is 0 Å². The van der Waals surface area contributed by atoms with Crippen LogP contribution in [0.5, 0.6) is 0 Å². The Labute approximate surface area is 154 Å². The first-order valence-electron chi connectivity index (χ1n) is 8.52. The number of aromatic carboxylic acids is 1. The predicted molar refractivity (Wildman–Crippen MR) is 98.5 cm³/mol. The van der Waals surface area contributed by atoms with Gasteiger partial charge in [-0.3, -0.25) is 14.4 Å². The van der Waals surface area contributed by atoms with Crippen LogP contribution in [-0.2, 0) is 9.59 Å². The van der Waals surface area contributed by atoms with Crippen LogP contribution in [0.3, 0.4) is 0 Å². The minimum atomic E-state index is -1.28. The number of nitrogens with one attached hydrogen (secondary N) is 2. The Balaban J connectivity index is 1.73. The summed E-state index contributed by atoms with van der Waals surface area (Å²) in [5, 5.41) is 11.7. The van der Waals surface area contributed by atoms with Gasteiger partial charge in [-0.2, -0.15) is 0 Å². The van der Waals surface area contributed by atoms with E-state index >= 15 is 0 Å². The van der Waals surface area contributed by atoms with Crippen LogP contribution in [-0.4, -0.2) is 45.4 Å². The number of nitrogens with zero attached hydrogens (tertiary/aromatic N) is 1. The molecule has 3 rings (SSSR count). The summed E-state index contributed by atoms with van der Waals surface area (Å²) in [6.07, 6.45) is 1.44. The maximum atomic E-state index is 12.4. The normalized spacial score (nSPS) is 16.2. The van der Waals surface area contributed by atoms with E-state index in [1.54, 1.807) is 29.2 Å². The third kappa shape index (κ3) is 3.89. The number of hydrogen-bond acceptors (Lipinski definition) is 4. The standard InChI is InChI=1S/C19H19N3O5/c1-11(23)22-10-2-3-16(22)18(25)20-13-6-4-12(5-7-13)15-9-8-14(19(26)27)17(24)21-15/h4-9,16H,2-3,10H2,1H3,(H,20,25)(H,21,24)(H,26,27)/t16-/m1/s1. The first kappa shape index (κ1) is 18.4. The van der Waals surface area contributed by atoms with Crippen LogP contribution in [0.1, 0.15) is 30.1 Å². The van der Waals surface area contributed by atoms with E-state index in [0.29, 0.717) is 29.9 Å². The maximum absolute atomic E-state index is 12.4. The van der Waals surface area contributed by atoms with Gasteiger partial charge < -0.3 is 20.3 Å². The van der Waals surface area contributed by atoms with Crippen LogP contribution in [0.25, 0.3) is 11.3 Å². The van der Waals surface area contributed by atoms with Crippen molar-refractivity contribution in [3.8, 4) is 11.3 Å². The quantitative estimate of drug-likeness (QED) is 0.758. The molecule has 1 fully saturated rings. The van der Waals surface area contributed by atoms with Gasteiger partial charge in [0.05, 0.1) is 0 Å². The van der Waals surface area contributed by atoms with E-state index in [0.717, 1.165) is 6.42 Å². The van der Waals surface area contributed by atoms with Gasteiger partial charge in [0.2, 0.25) is 11.8 Å². The lowest BCUT2D eigenvalue weighted by atomic mass is 10.1. The second-order valence-corrected chi connectivity index (χ2v) is 6.36. The molecular weight excluding hydrogens is 350 g/mol. The number of hydrogen-bond donors (Lipinski definition) is 3. The van der Waals surface area contributed by atoms with Gasteiger partial charge in [0, 0.05) is 24.8 Å². The van der Waals surface area contributed by atoms with Gasteiger partial charge >= 0.3 is 5.97 Å². The monoisotopic (exact) mass is 369 g/mol. The molecule has 1 aliphatic heterocycles. The Kier molecular flexibility index (Phi) is 5.07. The fourth-order valence-corrected chi connectivity index (χ4v) is 3.19. The van der Waals surface area contributed by atoms with Crippen molar-refractivity contribution in [3.05, 3.63) is 52.3 Å². The summed E-state index contributed by atoms with van der Waals surface area (Å²) in [4.78, 5) is 50.8. The zero-order valence-corrected chi connectivity index (χ0v) is 14.7. The molecule has 1 aromatic heterocycles.